The summed E-state index contributed by atoms with van der Waals surface area (Å²) in [6.45, 7) is 6.83. The van der Waals surface area contributed by atoms with Gasteiger partial charge in [0.1, 0.15) is 4.21 Å². The zero-order valence-electron chi connectivity index (χ0n) is 12.7. The summed E-state index contributed by atoms with van der Waals surface area (Å²) in [5.74, 6) is 0. The molecule has 0 radical (unpaired) electrons. The maximum atomic E-state index is 12.3. The van der Waals surface area contributed by atoms with Crippen molar-refractivity contribution in [2.45, 2.75) is 49.3 Å². The molecule has 2 rings (SSSR count). The number of nitrogens with zero attached hydrogens (tertiary/aromatic N) is 1. The first-order valence-corrected chi connectivity index (χ1v) is 9.55. The van der Waals surface area contributed by atoms with Gasteiger partial charge in [0, 0.05) is 12.1 Å². The van der Waals surface area contributed by atoms with Crippen molar-refractivity contribution in [3.05, 3.63) is 17.5 Å². The first-order valence-electron chi connectivity index (χ1n) is 7.19. The van der Waals surface area contributed by atoms with Crippen LogP contribution in [0, 0.1) is 0 Å². The van der Waals surface area contributed by atoms with Crippen molar-refractivity contribution in [2.24, 2.45) is 0 Å². The Hall–Kier alpha value is -0.140. The van der Waals surface area contributed by atoms with Crippen LogP contribution in [0.15, 0.2) is 21.7 Å². The Kier molecular flexibility index (Phi) is 7.13. The smallest absolute Gasteiger partial charge is 0.250 e. The first-order chi connectivity index (χ1) is 9.39. The van der Waals surface area contributed by atoms with Crippen molar-refractivity contribution in [1.82, 2.24) is 9.62 Å². The lowest BCUT2D eigenvalue weighted by molar-refractivity contribution is 0.223. The molecular formula is C14H25ClN2O2S2. The minimum Gasteiger partial charge on any atom is -0.301 e. The Morgan fingerprint density at radius 1 is 1.24 bits per heavy atom. The van der Waals surface area contributed by atoms with Crippen molar-refractivity contribution in [2.75, 3.05) is 19.6 Å². The van der Waals surface area contributed by atoms with Crippen LogP contribution in [0.3, 0.4) is 0 Å². The maximum Gasteiger partial charge on any atom is 0.250 e. The summed E-state index contributed by atoms with van der Waals surface area (Å²) in [6.07, 6.45) is 5.01. The number of thiophene rings is 1. The Balaban J connectivity index is 0.00000220. The number of likely N-dealkylation sites (tertiary alicyclic amines) is 1. The van der Waals surface area contributed by atoms with Gasteiger partial charge in [-0.15, -0.1) is 23.7 Å². The first kappa shape index (κ1) is 18.9. The van der Waals surface area contributed by atoms with Crippen LogP contribution in [-0.4, -0.2) is 38.5 Å². The van der Waals surface area contributed by atoms with Crippen LogP contribution in [0.1, 0.15) is 39.5 Å². The highest BCUT2D eigenvalue weighted by Crippen LogP contribution is 2.19. The fourth-order valence-corrected chi connectivity index (χ4v) is 5.11. The van der Waals surface area contributed by atoms with Gasteiger partial charge in [-0.3, -0.25) is 0 Å². The van der Waals surface area contributed by atoms with E-state index < -0.39 is 15.6 Å². The number of nitrogens with one attached hydrogen (secondary N) is 1. The molecule has 1 aromatic rings. The third-order valence-corrected chi connectivity index (χ3v) is 6.58. The van der Waals surface area contributed by atoms with Gasteiger partial charge in [-0.1, -0.05) is 18.9 Å². The highest BCUT2D eigenvalue weighted by atomic mass is 35.5. The molecule has 0 aromatic carbocycles. The molecule has 4 nitrogen and oxygen atoms in total. The molecule has 0 spiro atoms. The van der Waals surface area contributed by atoms with Crippen LogP contribution in [0.2, 0.25) is 0 Å². The van der Waals surface area contributed by atoms with E-state index in [2.05, 4.69) is 9.62 Å². The van der Waals surface area contributed by atoms with Gasteiger partial charge in [0.25, 0.3) is 10.0 Å². The van der Waals surface area contributed by atoms with E-state index in [4.69, 9.17) is 0 Å². The van der Waals surface area contributed by atoms with E-state index >= 15 is 0 Å². The molecule has 0 bridgehead atoms. The molecule has 1 N–H and O–H groups in total. The zero-order chi connectivity index (χ0) is 14.6. The molecule has 7 heteroatoms. The zero-order valence-corrected chi connectivity index (χ0v) is 15.1. The fraction of sp³-hybridized carbons (Fsp3) is 0.714. The molecule has 0 amide bonds. The minimum absolute atomic E-state index is 0. The molecule has 0 atom stereocenters. The minimum atomic E-state index is -3.39. The molecule has 122 valence electrons. The summed E-state index contributed by atoms with van der Waals surface area (Å²) < 4.78 is 27.8. The van der Waals surface area contributed by atoms with Gasteiger partial charge < -0.3 is 4.90 Å². The van der Waals surface area contributed by atoms with E-state index in [-0.39, 0.29) is 12.4 Å². The number of rotatable bonds is 5. The summed E-state index contributed by atoms with van der Waals surface area (Å²) >= 11 is 1.26. The van der Waals surface area contributed by atoms with Crippen LogP contribution in [0.5, 0.6) is 0 Å². The normalized spacial score (nSPS) is 18.0. The fourth-order valence-electron chi connectivity index (χ4n) is 2.72. The average molecular weight is 353 g/mol. The topological polar surface area (TPSA) is 49.4 Å². The highest BCUT2D eigenvalue weighted by Gasteiger charge is 2.29. The van der Waals surface area contributed by atoms with Crippen molar-refractivity contribution in [1.29, 1.82) is 0 Å². The van der Waals surface area contributed by atoms with Crippen LogP contribution >= 0.6 is 23.7 Å². The lowest BCUT2D eigenvalue weighted by Gasteiger charge is -2.32. The molecular weight excluding hydrogens is 328 g/mol. The molecule has 1 saturated heterocycles. The van der Waals surface area contributed by atoms with Crippen molar-refractivity contribution < 1.29 is 8.42 Å². The number of sulfonamides is 1. The van der Waals surface area contributed by atoms with Gasteiger partial charge in [-0.05, 0) is 51.2 Å². The van der Waals surface area contributed by atoms with Gasteiger partial charge in [0.15, 0.2) is 0 Å². The molecule has 1 fully saturated rings. The van der Waals surface area contributed by atoms with Crippen LogP contribution in [0.25, 0.3) is 0 Å². The summed E-state index contributed by atoms with van der Waals surface area (Å²) in [7, 11) is -3.39. The Bertz CT molecular complexity index is 507. The highest BCUT2D eigenvalue weighted by molar-refractivity contribution is 7.91. The van der Waals surface area contributed by atoms with Gasteiger partial charge in [0.2, 0.25) is 0 Å². The quantitative estimate of drug-likeness (QED) is 0.885. The monoisotopic (exact) mass is 352 g/mol. The molecule has 1 aliphatic rings. The molecule has 0 saturated carbocycles. The molecule has 0 aliphatic carbocycles. The lowest BCUT2D eigenvalue weighted by atomic mass is 10.1. The van der Waals surface area contributed by atoms with Crippen molar-refractivity contribution in [3.8, 4) is 0 Å². The van der Waals surface area contributed by atoms with E-state index in [0.29, 0.717) is 4.21 Å². The standard InChI is InChI=1S/C14H24N2O2S2.ClH/c1-14(2,12-16-9-5-3-4-6-10-16)15-20(17,18)13-8-7-11-19-13;/h7-8,11,15H,3-6,9-10,12H2,1-2H3;1H. The van der Waals surface area contributed by atoms with Crippen LogP contribution in [-0.2, 0) is 10.0 Å². The number of hydrogen-bond donors (Lipinski definition) is 1. The maximum absolute atomic E-state index is 12.3. The Morgan fingerprint density at radius 2 is 1.86 bits per heavy atom. The Morgan fingerprint density at radius 3 is 2.38 bits per heavy atom. The van der Waals surface area contributed by atoms with Gasteiger partial charge in [-0.2, -0.15) is 0 Å². The van der Waals surface area contributed by atoms with E-state index in [1.54, 1.807) is 17.5 Å². The van der Waals surface area contributed by atoms with Crippen LogP contribution in [0.4, 0.5) is 0 Å². The van der Waals surface area contributed by atoms with Crippen molar-refractivity contribution in [3.63, 3.8) is 0 Å². The summed E-state index contributed by atoms with van der Waals surface area (Å²) in [6, 6.07) is 3.41. The number of halogens is 1. The van der Waals surface area contributed by atoms with Gasteiger partial charge >= 0.3 is 0 Å². The molecule has 21 heavy (non-hydrogen) atoms. The van der Waals surface area contributed by atoms with Gasteiger partial charge in [0.05, 0.1) is 0 Å². The average Bonchev–Trinajstić information content (AvgIpc) is 2.76. The van der Waals surface area contributed by atoms with Crippen molar-refractivity contribution >= 4 is 33.8 Å². The largest absolute Gasteiger partial charge is 0.301 e. The summed E-state index contributed by atoms with van der Waals surface area (Å²) in [5.41, 5.74) is -0.451. The number of hydrogen-bond acceptors (Lipinski definition) is 4. The third kappa shape index (κ3) is 5.87. The summed E-state index contributed by atoms with van der Waals surface area (Å²) in [5, 5.41) is 1.79. The van der Waals surface area contributed by atoms with E-state index in [1.165, 1.54) is 37.0 Å². The predicted octanol–water partition coefficient (Wildman–Crippen LogP) is 3.10. The van der Waals surface area contributed by atoms with Gasteiger partial charge in [-0.25, -0.2) is 13.1 Å². The van der Waals surface area contributed by atoms with E-state index in [1.807, 2.05) is 13.8 Å². The van der Waals surface area contributed by atoms with E-state index in [9.17, 15) is 8.42 Å². The van der Waals surface area contributed by atoms with E-state index in [0.717, 1.165) is 19.6 Å². The molecule has 1 aromatic heterocycles. The SMILES string of the molecule is CC(C)(CN1CCCCCC1)NS(=O)(=O)c1cccs1.Cl. The molecule has 2 heterocycles. The lowest BCUT2D eigenvalue weighted by Crippen LogP contribution is -2.51. The Labute approximate surface area is 138 Å². The second-order valence-corrected chi connectivity index (χ2v) is 8.97. The van der Waals surface area contributed by atoms with Crippen LogP contribution < -0.4 is 4.72 Å². The predicted molar refractivity (Wildman–Crippen MR) is 90.9 cm³/mol. The summed E-state index contributed by atoms with van der Waals surface area (Å²) in [4.78, 5) is 2.38. The molecule has 1 aliphatic heterocycles. The second-order valence-electron chi connectivity index (χ2n) is 6.11. The second kappa shape index (κ2) is 7.92. The third-order valence-electron chi connectivity index (χ3n) is 3.49. The molecule has 0 unspecified atom stereocenters.